The summed E-state index contributed by atoms with van der Waals surface area (Å²) in [5, 5.41) is 28.4. The van der Waals surface area contributed by atoms with Crippen LogP contribution in [0.1, 0.15) is 16.7 Å². The molecular weight excluding hydrogens is 355 g/mol. The summed E-state index contributed by atoms with van der Waals surface area (Å²) in [4.78, 5) is 53.7. The summed E-state index contributed by atoms with van der Waals surface area (Å²) in [6, 6.07) is 0.560. The van der Waals surface area contributed by atoms with Gasteiger partial charge in [-0.3, -0.25) is 18.9 Å². The Hall–Kier alpha value is -1.86. The lowest BCUT2D eigenvalue weighted by atomic mass is 10.1. The predicted octanol–water partition coefficient (Wildman–Crippen LogP) is -3.04. The Bertz CT molecular complexity index is 795. The maximum absolute atomic E-state index is 11.9. The Balaban J connectivity index is 2.51. The van der Waals surface area contributed by atoms with Crippen LogP contribution in [-0.2, 0) is 13.8 Å². The molecule has 1 fully saturated rings. The number of H-pyrrole nitrogens is 1. The van der Waals surface area contributed by atoms with Gasteiger partial charge in [-0.05, 0) is 0 Å². The highest BCUT2D eigenvalue weighted by atomic mass is 31.2. The number of aromatic amines is 1. The number of carbonyl (C=O) groups is 1. The van der Waals surface area contributed by atoms with Crippen molar-refractivity contribution in [2.45, 2.75) is 24.5 Å². The zero-order valence-corrected chi connectivity index (χ0v) is 12.6. The Morgan fingerprint density at radius 3 is 2.54 bits per heavy atom. The third-order valence-corrected chi connectivity index (χ3v) is 3.72. The minimum absolute atomic E-state index is 0.375. The highest BCUT2D eigenvalue weighted by Crippen LogP contribution is 2.43. The van der Waals surface area contributed by atoms with Gasteiger partial charge in [-0.1, -0.05) is 0 Å². The average molecular weight is 368 g/mol. The molecule has 0 radical (unpaired) electrons. The molecule has 1 saturated heterocycles. The molecule has 0 spiro atoms. The summed E-state index contributed by atoms with van der Waals surface area (Å²) in [6.45, 7) is -0.848. The number of aromatic carboxylic acids is 1. The molecule has 2 heterocycles. The minimum Gasteiger partial charge on any atom is -0.477 e. The zero-order valence-electron chi connectivity index (χ0n) is 11.7. The SMILES string of the molecule is O=C(O)c1cc(=O)[nH]c(=O)n1[C@@H]1O[C@H](CO)[C@@H](OP(=O)(O)O)[C@H]1O. The molecule has 1 aliphatic rings. The molecule has 2 rings (SSSR count). The van der Waals surface area contributed by atoms with Crippen LogP contribution in [0.15, 0.2) is 15.7 Å². The summed E-state index contributed by atoms with van der Waals surface area (Å²) >= 11 is 0. The van der Waals surface area contributed by atoms with E-state index in [4.69, 9.17) is 19.6 Å². The van der Waals surface area contributed by atoms with Gasteiger partial charge in [0.2, 0.25) is 0 Å². The van der Waals surface area contributed by atoms with Crippen LogP contribution in [0, 0.1) is 0 Å². The van der Waals surface area contributed by atoms with Gasteiger partial charge in [0, 0.05) is 6.07 Å². The van der Waals surface area contributed by atoms with Crippen molar-refractivity contribution < 1.29 is 43.7 Å². The van der Waals surface area contributed by atoms with E-state index in [2.05, 4.69) is 4.52 Å². The van der Waals surface area contributed by atoms with Crippen LogP contribution in [0.2, 0.25) is 0 Å². The van der Waals surface area contributed by atoms with E-state index in [9.17, 15) is 29.2 Å². The number of carboxylic acids is 1. The molecule has 0 bridgehead atoms. The van der Waals surface area contributed by atoms with Crippen LogP contribution in [0.25, 0.3) is 0 Å². The Morgan fingerprint density at radius 1 is 1.42 bits per heavy atom. The topological polar surface area (TPSA) is 209 Å². The van der Waals surface area contributed by atoms with E-state index < -0.39 is 61.9 Å². The summed E-state index contributed by atoms with van der Waals surface area (Å²) in [6.07, 6.45) is -6.90. The smallest absolute Gasteiger partial charge is 0.470 e. The summed E-state index contributed by atoms with van der Waals surface area (Å²) in [5.41, 5.74) is -3.08. The van der Waals surface area contributed by atoms with Gasteiger partial charge in [-0.15, -0.1) is 0 Å². The lowest BCUT2D eigenvalue weighted by Crippen LogP contribution is -2.41. The van der Waals surface area contributed by atoms with Crippen LogP contribution >= 0.6 is 7.82 Å². The Kier molecular flexibility index (Phi) is 5.05. The van der Waals surface area contributed by atoms with Crippen molar-refractivity contribution in [3.63, 3.8) is 0 Å². The maximum atomic E-state index is 11.9. The molecular formula is C10H13N2O11P. The van der Waals surface area contributed by atoms with Gasteiger partial charge >= 0.3 is 19.5 Å². The number of phosphoric acid groups is 1. The van der Waals surface area contributed by atoms with E-state index in [0.717, 1.165) is 0 Å². The van der Waals surface area contributed by atoms with Gasteiger partial charge in [0.05, 0.1) is 6.61 Å². The molecule has 0 saturated carbocycles. The Labute approximate surface area is 131 Å². The number of aliphatic hydroxyl groups excluding tert-OH is 2. The van der Waals surface area contributed by atoms with E-state index in [1.165, 1.54) is 0 Å². The normalized spacial score (nSPS) is 27.3. The fourth-order valence-corrected chi connectivity index (χ4v) is 2.87. The Morgan fingerprint density at radius 2 is 2.04 bits per heavy atom. The molecule has 0 aromatic carbocycles. The molecule has 1 aliphatic heterocycles. The quantitative estimate of drug-likeness (QED) is 0.288. The first-order chi connectivity index (χ1) is 11.0. The molecule has 1 aromatic rings. The molecule has 0 aliphatic carbocycles. The third kappa shape index (κ3) is 3.62. The van der Waals surface area contributed by atoms with E-state index in [1.807, 2.05) is 0 Å². The van der Waals surface area contributed by atoms with Gasteiger partial charge in [0.1, 0.15) is 24.0 Å². The van der Waals surface area contributed by atoms with Gasteiger partial charge in [-0.2, -0.15) is 0 Å². The van der Waals surface area contributed by atoms with Crippen LogP contribution < -0.4 is 11.2 Å². The predicted molar refractivity (Wildman–Crippen MR) is 72.2 cm³/mol. The maximum Gasteiger partial charge on any atom is 0.470 e. The van der Waals surface area contributed by atoms with E-state index in [1.54, 1.807) is 4.98 Å². The van der Waals surface area contributed by atoms with Crippen LogP contribution in [-0.4, -0.2) is 65.5 Å². The van der Waals surface area contributed by atoms with Crippen LogP contribution in [0.5, 0.6) is 0 Å². The van der Waals surface area contributed by atoms with Gasteiger partial charge in [0.25, 0.3) is 5.56 Å². The number of aromatic nitrogens is 2. The molecule has 134 valence electrons. The minimum atomic E-state index is -5.08. The molecule has 4 atom stereocenters. The van der Waals surface area contributed by atoms with Crippen molar-refractivity contribution in [3.8, 4) is 0 Å². The number of carboxylic acid groups (broad SMARTS) is 1. The number of rotatable bonds is 5. The molecule has 14 heteroatoms. The van der Waals surface area contributed by atoms with Crippen LogP contribution in [0.4, 0.5) is 0 Å². The lowest BCUT2D eigenvalue weighted by Gasteiger charge is -2.21. The standard InChI is InChI=1S/C10H13N2O11P/c13-2-4-7(23-24(19,20)21)6(15)8(22-4)12-3(9(16)17)1-5(14)11-10(12)18/h1,4,6-8,13,15H,2H2,(H,16,17)(H,11,14,18)(H2,19,20,21)/t4-,6-,7-,8-/m1/s1. The van der Waals surface area contributed by atoms with Crippen molar-refractivity contribution in [1.29, 1.82) is 0 Å². The summed E-state index contributed by atoms with van der Waals surface area (Å²) < 4.78 is 20.7. The number of aliphatic hydroxyl groups is 2. The zero-order chi connectivity index (χ0) is 18.2. The van der Waals surface area contributed by atoms with Gasteiger partial charge < -0.3 is 29.8 Å². The fraction of sp³-hybridized carbons (Fsp3) is 0.500. The van der Waals surface area contributed by atoms with Crippen molar-refractivity contribution in [1.82, 2.24) is 9.55 Å². The number of phosphoric ester groups is 1. The van der Waals surface area contributed by atoms with E-state index >= 15 is 0 Å². The second-order valence-electron chi connectivity index (χ2n) is 4.80. The second-order valence-corrected chi connectivity index (χ2v) is 5.99. The van der Waals surface area contributed by atoms with Crippen molar-refractivity contribution >= 4 is 13.8 Å². The lowest BCUT2D eigenvalue weighted by molar-refractivity contribution is -0.0561. The fourth-order valence-electron chi connectivity index (χ4n) is 2.29. The van der Waals surface area contributed by atoms with Gasteiger partial charge in [0.15, 0.2) is 6.23 Å². The van der Waals surface area contributed by atoms with Gasteiger partial charge in [-0.25, -0.2) is 14.2 Å². The third-order valence-electron chi connectivity index (χ3n) is 3.20. The van der Waals surface area contributed by atoms with Crippen molar-refractivity contribution in [2.24, 2.45) is 0 Å². The largest absolute Gasteiger partial charge is 0.477 e. The first-order valence-electron chi connectivity index (χ1n) is 6.32. The number of hydrogen-bond acceptors (Lipinski definition) is 8. The second kappa shape index (κ2) is 6.57. The molecule has 24 heavy (non-hydrogen) atoms. The molecule has 1 aromatic heterocycles. The number of hydrogen-bond donors (Lipinski definition) is 6. The molecule has 6 N–H and O–H groups in total. The van der Waals surface area contributed by atoms with E-state index in [0.29, 0.717) is 10.6 Å². The van der Waals surface area contributed by atoms with Crippen LogP contribution in [0.3, 0.4) is 0 Å². The monoisotopic (exact) mass is 368 g/mol. The highest BCUT2D eigenvalue weighted by Gasteiger charge is 2.49. The molecule has 13 nitrogen and oxygen atoms in total. The van der Waals surface area contributed by atoms with E-state index in [-0.39, 0.29) is 0 Å². The number of ether oxygens (including phenoxy) is 1. The number of nitrogens with one attached hydrogen (secondary N) is 1. The number of nitrogens with zero attached hydrogens (tertiary/aromatic N) is 1. The molecule has 0 unspecified atom stereocenters. The summed E-state index contributed by atoms with van der Waals surface area (Å²) in [7, 11) is -5.08. The van der Waals surface area contributed by atoms with Crippen molar-refractivity contribution in [2.75, 3.05) is 6.61 Å². The first kappa shape index (κ1) is 18.5. The first-order valence-corrected chi connectivity index (χ1v) is 7.85. The molecule has 0 amide bonds. The average Bonchev–Trinajstić information content (AvgIpc) is 2.73. The summed E-state index contributed by atoms with van der Waals surface area (Å²) in [5.74, 6) is -1.69. The van der Waals surface area contributed by atoms with Crippen molar-refractivity contribution in [3.05, 3.63) is 32.6 Å². The highest BCUT2D eigenvalue weighted by molar-refractivity contribution is 7.46.